The van der Waals surface area contributed by atoms with Gasteiger partial charge >= 0.3 is 11.9 Å². The lowest BCUT2D eigenvalue weighted by atomic mass is 9.95. The van der Waals surface area contributed by atoms with Crippen LogP contribution >= 0.6 is 0 Å². The molecule has 0 amide bonds. The molecule has 3 nitrogen and oxygen atoms in total. The maximum Gasteiger partial charge on any atom is 0.341 e. The van der Waals surface area contributed by atoms with Gasteiger partial charge in [-0.2, -0.15) is 0 Å². The number of carbonyl (C=O) groups excluding carboxylic acids is 2. The molecule has 0 rings (SSSR count). The third-order valence-electron chi connectivity index (χ3n) is 6.53. The Kier molecular flexibility index (Phi) is 21.5. The first-order valence-electron chi connectivity index (χ1n) is 14.0. The van der Waals surface area contributed by atoms with Crippen molar-refractivity contribution in [2.45, 2.75) is 156 Å². The largest absolute Gasteiger partial charge is 0.386 e. The average Bonchev–Trinajstić information content (AvgIpc) is 2.79. The highest BCUT2D eigenvalue weighted by atomic mass is 16.6. The third kappa shape index (κ3) is 18.7. The molecule has 0 heterocycles. The third-order valence-corrected chi connectivity index (χ3v) is 6.53. The van der Waals surface area contributed by atoms with Crippen LogP contribution in [-0.4, -0.2) is 11.9 Å². The van der Waals surface area contributed by atoms with E-state index in [1.165, 1.54) is 108 Å². The van der Waals surface area contributed by atoms with Crippen molar-refractivity contribution in [2.24, 2.45) is 0 Å². The molecule has 3 heteroatoms. The Balaban J connectivity index is 4.33. The van der Waals surface area contributed by atoms with E-state index in [0.717, 1.165) is 25.7 Å². The first kappa shape index (κ1) is 31.6. The van der Waals surface area contributed by atoms with Crippen LogP contribution in [0.1, 0.15) is 156 Å². The maximum atomic E-state index is 12.4. The molecule has 0 aromatic carbocycles. The van der Waals surface area contributed by atoms with Gasteiger partial charge in [-0.3, -0.25) is 0 Å². The second kappa shape index (κ2) is 22.4. The molecular weight excluding hydrogens is 408 g/mol. The van der Waals surface area contributed by atoms with Crippen molar-refractivity contribution in [1.82, 2.24) is 0 Å². The lowest BCUT2D eigenvalue weighted by Gasteiger charge is -2.12. The van der Waals surface area contributed by atoms with Crippen molar-refractivity contribution in [3.63, 3.8) is 0 Å². The normalized spacial score (nSPS) is 11.9. The van der Waals surface area contributed by atoms with Crippen molar-refractivity contribution in [3.05, 3.63) is 23.3 Å². The van der Waals surface area contributed by atoms with E-state index in [4.69, 9.17) is 4.74 Å². The lowest BCUT2D eigenvalue weighted by Crippen LogP contribution is -2.15. The first-order chi connectivity index (χ1) is 15.9. The fourth-order valence-electron chi connectivity index (χ4n) is 4.19. The molecule has 0 saturated carbocycles. The SMILES string of the molecule is C=C(C)C(=O)OC(=O)C(C)=C(CCCCCCCC)CCCCCCCCCCCCCC. The van der Waals surface area contributed by atoms with Crippen LogP contribution in [0.5, 0.6) is 0 Å². The van der Waals surface area contributed by atoms with Gasteiger partial charge in [0.15, 0.2) is 0 Å². The van der Waals surface area contributed by atoms with E-state index in [2.05, 4.69) is 20.4 Å². The number of hydrogen-bond donors (Lipinski definition) is 0. The molecule has 0 radical (unpaired) electrons. The molecule has 0 unspecified atom stereocenters. The molecule has 0 N–H and O–H groups in total. The Morgan fingerprint density at radius 2 is 0.879 bits per heavy atom. The summed E-state index contributed by atoms with van der Waals surface area (Å²) in [5.41, 5.74) is 2.06. The minimum Gasteiger partial charge on any atom is -0.386 e. The van der Waals surface area contributed by atoms with Gasteiger partial charge < -0.3 is 4.74 Å². The standard InChI is InChI=1S/C30H54O3/c1-6-8-10-12-14-15-16-17-18-19-21-23-25-28(24-22-20-13-11-9-7-2)27(5)30(32)33-29(31)26(3)4/h3,6-25H2,1-2,4-5H3. The van der Waals surface area contributed by atoms with Crippen LogP contribution in [0.4, 0.5) is 0 Å². The summed E-state index contributed by atoms with van der Waals surface area (Å²) in [4.78, 5) is 24.2. The summed E-state index contributed by atoms with van der Waals surface area (Å²) >= 11 is 0. The summed E-state index contributed by atoms with van der Waals surface area (Å²) in [6, 6.07) is 0. The zero-order valence-electron chi connectivity index (χ0n) is 22.6. The van der Waals surface area contributed by atoms with Gasteiger partial charge in [0.2, 0.25) is 0 Å². The minimum atomic E-state index is -0.622. The predicted octanol–water partition coefficient (Wildman–Crippen LogP) is 9.79. The fourth-order valence-corrected chi connectivity index (χ4v) is 4.19. The molecule has 0 atom stereocenters. The summed E-state index contributed by atoms with van der Waals surface area (Å²) in [5.74, 6) is -1.12. The van der Waals surface area contributed by atoms with Crippen molar-refractivity contribution in [2.75, 3.05) is 0 Å². The average molecular weight is 463 g/mol. The van der Waals surface area contributed by atoms with E-state index in [9.17, 15) is 9.59 Å². The monoisotopic (exact) mass is 462 g/mol. The van der Waals surface area contributed by atoms with Crippen LogP contribution in [-0.2, 0) is 14.3 Å². The van der Waals surface area contributed by atoms with E-state index in [0.29, 0.717) is 5.57 Å². The smallest absolute Gasteiger partial charge is 0.341 e. The number of ether oxygens (including phenoxy) is 1. The molecule has 0 bridgehead atoms. The van der Waals surface area contributed by atoms with E-state index in [1.54, 1.807) is 6.92 Å². The van der Waals surface area contributed by atoms with E-state index < -0.39 is 11.9 Å². The van der Waals surface area contributed by atoms with Crippen LogP contribution in [0.3, 0.4) is 0 Å². The van der Waals surface area contributed by atoms with Gasteiger partial charge in [0.25, 0.3) is 0 Å². The van der Waals surface area contributed by atoms with E-state index in [-0.39, 0.29) is 5.57 Å². The molecule has 0 aliphatic heterocycles. The zero-order chi connectivity index (χ0) is 24.7. The summed E-state index contributed by atoms with van der Waals surface area (Å²) in [6.45, 7) is 11.5. The van der Waals surface area contributed by atoms with Crippen molar-refractivity contribution >= 4 is 11.9 Å². The van der Waals surface area contributed by atoms with E-state index >= 15 is 0 Å². The van der Waals surface area contributed by atoms with Crippen LogP contribution in [0, 0.1) is 0 Å². The quantitative estimate of drug-likeness (QED) is 0.0695. The molecule has 0 spiro atoms. The van der Waals surface area contributed by atoms with Gasteiger partial charge in [0.05, 0.1) is 0 Å². The highest BCUT2D eigenvalue weighted by molar-refractivity contribution is 6.01. The van der Waals surface area contributed by atoms with Crippen LogP contribution in [0.25, 0.3) is 0 Å². The Morgan fingerprint density at radius 3 is 1.21 bits per heavy atom. The second-order valence-corrected chi connectivity index (χ2v) is 9.84. The lowest BCUT2D eigenvalue weighted by molar-refractivity contribution is -0.154. The van der Waals surface area contributed by atoms with Gasteiger partial charge in [0, 0.05) is 11.1 Å². The zero-order valence-corrected chi connectivity index (χ0v) is 22.6. The Morgan fingerprint density at radius 1 is 0.545 bits per heavy atom. The number of carbonyl (C=O) groups is 2. The van der Waals surface area contributed by atoms with Gasteiger partial charge in [-0.15, -0.1) is 0 Å². The number of rotatable bonds is 22. The van der Waals surface area contributed by atoms with Gasteiger partial charge in [-0.1, -0.05) is 129 Å². The first-order valence-corrected chi connectivity index (χ1v) is 14.0. The molecule has 0 aromatic rings. The summed E-state index contributed by atoms with van der Waals surface area (Å²) in [5, 5.41) is 0. The van der Waals surface area contributed by atoms with Gasteiger partial charge in [-0.25, -0.2) is 9.59 Å². The highest BCUT2D eigenvalue weighted by Crippen LogP contribution is 2.23. The van der Waals surface area contributed by atoms with Gasteiger partial charge in [-0.05, 0) is 39.5 Å². The second-order valence-electron chi connectivity index (χ2n) is 9.84. The number of esters is 2. The van der Waals surface area contributed by atoms with Crippen molar-refractivity contribution in [3.8, 4) is 0 Å². The number of hydrogen-bond acceptors (Lipinski definition) is 3. The fraction of sp³-hybridized carbons (Fsp3) is 0.800. The summed E-state index contributed by atoms with van der Waals surface area (Å²) < 4.78 is 4.99. The molecule has 33 heavy (non-hydrogen) atoms. The van der Waals surface area contributed by atoms with E-state index in [1.807, 2.05) is 6.92 Å². The van der Waals surface area contributed by atoms with Crippen molar-refractivity contribution < 1.29 is 14.3 Å². The van der Waals surface area contributed by atoms with Gasteiger partial charge in [0.1, 0.15) is 0 Å². The van der Waals surface area contributed by atoms with Crippen LogP contribution in [0.15, 0.2) is 23.3 Å². The molecule has 0 aliphatic rings. The molecule has 0 aromatic heterocycles. The Hall–Kier alpha value is -1.38. The summed E-state index contributed by atoms with van der Waals surface area (Å²) in [6.07, 6.45) is 25.2. The topological polar surface area (TPSA) is 43.4 Å². The molecule has 0 saturated heterocycles. The molecule has 0 aliphatic carbocycles. The van der Waals surface area contributed by atoms with Crippen LogP contribution in [0.2, 0.25) is 0 Å². The number of unbranched alkanes of at least 4 members (excludes halogenated alkanes) is 16. The number of allylic oxidation sites excluding steroid dienone is 1. The van der Waals surface area contributed by atoms with Crippen LogP contribution < -0.4 is 0 Å². The van der Waals surface area contributed by atoms with Crippen molar-refractivity contribution in [1.29, 1.82) is 0 Å². The molecule has 0 fully saturated rings. The Bertz CT molecular complexity index is 559. The Labute approximate surface area is 205 Å². The molecule has 192 valence electrons. The maximum absolute atomic E-state index is 12.4. The summed E-state index contributed by atoms with van der Waals surface area (Å²) in [7, 11) is 0. The predicted molar refractivity (Wildman–Crippen MR) is 142 cm³/mol. The minimum absolute atomic E-state index is 0.259. The molecular formula is C30H54O3. The highest BCUT2D eigenvalue weighted by Gasteiger charge is 2.16.